The minimum absolute atomic E-state index is 0.394. The van der Waals surface area contributed by atoms with Crippen LogP contribution in [0, 0.1) is 0 Å². The van der Waals surface area contributed by atoms with Gasteiger partial charge >= 0.3 is 0 Å². The molecule has 0 bridgehead atoms. The molecule has 6 nitrogen and oxygen atoms in total. The van der Waals surface area contributed by atoms with E-state index in [0.29, 0.717) is 23.6 Å². The van der Waals surface area contributed by atoms with Gasteiger partial charge in [-0.3, -0.25) is 4.79 Å². The van der Waals surface area contributed by atoms with Crippen molar-refractivity contribution in [1.82, 2.24) is 15.0 Å². The number of nitrogens with zero attached hydrogens (tertiary/aromatic N) is 3. The third-order valence-corrected chi connectivity index (χ3v) is 3.52. The van der Waals surface area contributed by atoms with Gasteiger partial charge in [0.1, 0.15) is 5.69 Å². The van der Waals surface area contributed by atoms with Crippen LogP contribution >= 0.6 is 0 Å². The van der Waals surface area contributed by atoms with E-state index in [1.165, 1.54) is 0 Å². The summed E-state index contributed by atoms with van der Waals surface area (Å²) in [7, 11) is 3.21. The molecule has 0 saturated carbocycles. The fraction of sp³-hybridized carbons (Fsp3) is 0.438. The molecule has 6 heteroatoms. The highest BCUT2D eigenvalue weighted by Crippen LogP contribution is 2.28. The topological polar surface area (TPSA) is 66.2 Å². The van der Waals surface area contributed by atoms with Crippen molar-refractivity contribution in [1.29, 1.82) is 0 Å². The van der Waals surface area contributed by atoms with Crippen LogP contribution in [0.25, 0.3) is 0 Å². The molecule has 1 aromatic carbocycles. The summed E-state index contributed by atoms with van der Waals surface area (Å²) in [6, 6.07) is 5.71. The summed E-state index contributed by atoms with van der Waals surface area (Å²) < 4.78 is 12.4. The smallest absolute Gasteiger partial charge is 0.172 e. The number of benzene rings is 1. The average Bonchev–Trinajstić information content (AvgIpc) is 2.94. The second-order valence-corrected chi connectivity index (χ2v) is 4.98. The molecule has 0 saturated heterocycles. The molecule has 2 aromatic rings. The van der Waals surface area contributed by atoms with Gasteiger partial charge < -0.3 is 9.47 Å². The first-order valence-electron chi connectivity index (χ1n) is 7.31. The molecule has 0 fully saturated rings. The Balaban J connectivity index is 2.29. The Hall–Kier alpha value is -2.37. The first-order valence-corrected chi connectivity index (χ1v) is 7.31. The van der Waals surface area contributed by atoms with E-state index in [0.717, 1.165) is 36.9 Å². The van der Waals surface area contributed by atoms with E-state index in [1.807, 2.05) is 22.9 Å². The number of carbonyl (C=O) groups is 1. The highest BCUT2D eigenvalue weighted by molar-refractivity contribution is 5.73. The largest absolute Gasteiger partial charge is 0.493 e. The Labute approximate surface area is 130 Å². The van der Waals surface area contributed by atoms with Gasteiger partial charge in [0.2, 0.25) is 0 Å². The molecule has 0 aliphatic rings. The van der Waals surface area contributed by atoms with E-state index in [9.17, 15) is 4.79 Å². The summed E-state index contributed by atoms with van der Waals surface area (Å²) in [5.74, 6) is 1.35. The van der Waals surface area contributed by atoms with E-state index in [1.54, 1.807) is 14.2 Å². The van der Waals surface area contributed by atoms with E-state index in [4.69, 9.17) is 9.47 Å². The number of aldehydes is 1. The van der Waals surface area contributed by atoms with Crippen LogP contribution in [0.1, 0.15) is 41.5 Å². The summed E-state index contributed by atoms with van der Waals surface area (Å²) in [6.45, 7) is 2.88. The molecular weight excluding hydrogens is 282 g/mol. The lowest BCUT2D eigenvalue weighted by Gasteiger charge is -2.10. The first kappa shape index (κ1) is 16.0. The molecule has 0 radical (unpaired) electrons. The molecule has 2 rings (SSSR count). The molecule has 0 atom stereocenters. The van der Waals surface area contributed by atoms with Gasteiger partial charge in [0.05, 0.1) is 19.9 Å². The van der Waals surface area contributed by atoms with Gasteiger partial charge in [-0.25, -0.2) is 4.68 Å². The molecule has 1 aromatic heterocycles. The van der Waals surface area contributed by atoms with Gasteiger partial charge in [-0.2, -0.15) is 0 Å². The molecule has 0 N–H and O–H groups in total. The third kappa shape index (κ3) is 3.44. The van der Waals surface area contributed by atoms with Crippen molar-refractivity contribution >= 4 is 6.29 Å². The number of aromatic nitrogens is 3. The van der Waals surface area contributed by atoms with Gasteiger partial charge in [0.25, 0.3) is 0 Å². The highest BCUT2D eigenvalue weighted by Gasteiger charge is 2.14. The second kappa shape index (κ2) is 7.59. The van der Waals surface area contributed by atoms with E-state index in [2.05, 4.69) is 17.2 Å². The van der Waals surface area contributed by atoms with Crippen molar-refractivity contribution in [3.63, 3.8) is 0 Å². The molecule has 0 aliphatic heterocycles. The number of aryl methyl sites for hydroxylation is 1. The maximum Gasteiger partial charge on any atom is 0.172 e. The standard InChI is InChI=1S/C16H21N3O3/c1-4-5-8-19-14(13(11-20)17-18-19)9-12-6-7-15(21-2)16(10-12)22-3/h6-7,10-11H,4-5,8-9H2,1-3H3. The van der Waals surface area contributed by atoms with Crippen LogP contribution in [0.3, 0.4) is 0 Å². The fourth-order valence-corrected chi connectivity index (χ4v) is 2.29. The molecule has 118 valence electrons. The van der Waals surface area contributed by atoms with Crippen molar-refractivity contribution < 1.29 is 14.3 Å². The minimum Gasteiger partial charge on any atom is -0.493 e. The Morgan fingerprint density at radius 2 is 2.00 bits per heavy atom. The van der Waals surface area contributed by atoms with Crippen molar-refractivity contribution in [2.45, 2.75) is 32.7 Å². The summed E-state index contributed by atoms with van der Waals surface area (Å²) in [6.07, 6.45) is 3.39. The molecule has 0 amide bonds. The zero-order valence-corrected chi connectivity index (χ0v) is 13.2. The molecule has 0 unspecified atom stereocenters. The van der Waals surface area contributed by atoms with Crippen LogP contribution in [-0.4, -0.2) is 35.5 Å². The Morgan fingerprint density at radius 1 is 1.23 bits per heavy atom. The molecule has 1 heterocycles. The van der Waals surface area contributed by atoms with Crippen LogP contribution in [-0.2, 0) is 13.0 Å². The van der Waals surface area contributed by atoms with Crippen molar-refractivity contribution in [2.24, 2.45) is 0 Å². The van der Waals surface area contributed by atoms with Gasteiger partial charge in [0.15, 0.2) is 17.8 Å². The summed E-state index contributed by atoms with van der Waals surface area (Å²) >= 11 is 0. The van der Waals surface area contributed by atoms with Gasteiger partial charge in [-0.05, 0) is 24.1 Å². The van der Waals surface area contributed by atoms with E-state index < -0.39 is 0 Å². The lowest BCUT2D eigenvalue weighted by atomic mass is 10.1. The van der Waals surface area contributed by atoms with Crippen LogP contribution < -0.4 is 9.47 Å². The number of ether oxygens (including phenoxy) is 2. The Morgan fingerprint density at radius 3 is 2.64 bits per heavy atom. The maximum absolute atomic E-state index is 11.2. The Kier molecular flexibility index (Phi) is 5.52. The predicted octanol–water partition coefficient (Wildman–Crippen LogP) is 2.50. The molecular formula is C16H21N3O3. The predicted molar refractivity (Wildman–Crippen MR) is 82.7 cm³/mol. The second-order valence-electron chi connectivity index (χ2n) is 4.98. The zero-order valence-electron chi connectivity index (χ0n) is 13.2. The fourth-order valence-electron chi connectivity index (χ4n) is 2.29. The molecule has 0 spiro atoms. The monoisotopic (exact) mass is 303 g/mol. The number of hydrogen-bond acceptors (Lipinski definition) is 5. The quantitative estimate of drug-likeness (QED) is 0.701. The summed E-state index contributed by atoms with van der Waals surface area (Å²) in [5.41, 5.74) is 2.24. The number of hydrogen-bond donors (Lipinski definition) is 0. The normalized spacial score (nSPS) is 10.5. The van der Waals surface area contributed by atoms with Crippen LogP contribution in [0.5, 0.6) is 11.5 Å². The van der Waals surface area contributed by atoms with Crippen LogP contribution in [0.2, 0.25) is 0 Å². The SMILES string of the molecule is CCCCn1nnc(C=O)c1Cc1ccc(OC)c(OC)c1. The average molecular weight is 303 g/mol. The van der Waals surface area contributed by atoms with Gasteiger partial charge in [0, 0.05) is 13.0 Å². The number of rotatable bonds is 8. The number of methoxy groups -OCH3 is 2. The molecule has 22 heavy (non-hydrogen) atoms. The van der Waals surface area contributed by atoms with E-state index in [-0.39, 0.29) is 0 Å². The lowest BCUT2D eigenvalue weighted by molar-refractivity contribution is 0.111. The van der Waals surface area contributed by atoms with Crippen molar-refractivity contribution in [3.05, 3.63) is 35.2 Å². The summed E-state index contributed by atoms with van der Waals surface area (Å²) in [5, 5.41) is 8.03. The number of carbonyl (C=O) groups excluding carboxylic acids is 1. The van der Waals surface area contributed by atoms with Crippen molar-refractivity contribution in [3.8, 4) is 11.5 Å². The number of unbranched alkanes of at least 4 members (excludes halogenated alkanes) is 1. The maximum atomic E-state index is 11.2. The van der Waals surface area contributed by atoms with Gasteiger partial charge in [-0.15, -0.1) is 5.10 Å². The first-order chi connectivity index (χ1) is 10.7. The lowest BCUT2D eigenvalue weighted by Crippen LogP contribution is -2.07. The Bertz CT molecular complexity index is 638. The van der Waals surface area contributed by atoms with Crippen LogP contribution in [0.4, 0.5) is 0 Å². The van der Waals surface area contributed by atoms with Gasteiger partial charge in [-0.1, -0.05) is 24.6 Å². The highest BCUT2D eigenvalue weighted by atomic mass is 16.5. The summed E-state index contributed by atoms with van der Waals surface area (Å²) in [4.78, 5) is 11.2. The van der Waals surface area contributed by atoms with E-state index >= 15 is 0 Å². The van der Waals surface area contributed by atoms with Crippen molar-refractivity contribution in [2.75, 3.05) is 14.2 Å². The third-order valence-electron chi connectivity index (χ3n) is 3.52. The minimum atomic E-state index is 0.394. The zero-order chi connectivity index (χ0) is 15.9. The molecule has 0 aliphatic carbocycles. The van der Waals surface area contributed by atoms with Crippen LogP contribution in [0.15, 0.2) is 18.2 Å².